The molecule has 4 nitrogen and oxygen atoms in total. The molecule has 0 radical (unpaired) electrons. The quantitative estimate of drug-likeness (QED) is 0.634. The van der Waals surface area contributed by atoms with Gasteiger partial charge in [0, 0.05) is 12.1 Å². The van der Waals surface area contributed by atoms with Gasteiger partial charge in [-0.15, -0.1) is 0 Å². The minimum Gasteiger partial charge on any atom is -0.463 e. The van der Waals surface area contributed by atoms with E-state index in [0.717, 1.165) is 18.5 Å². The number of esters is 1. The van der Waals surface area contributed by atoms with Crippen molar-refractivity contribution in [1.29, 1.82) is 0 Å². The molecule has 0 aliphatic carbocycles. The van der Waals surface area contributed by atoms with E-state index in [0.29, 0.717) is 12.0 Å². The Labute approximate surface area is 102 Å². The van der Waals surface area contributed by atoms with Gasteiger partial charge in [-0.05, 0) is 24.4 Å². The highest BCUT2D eigenvalue weighted by Crippen LogP contribution is 2.17. The molecule has 0 fully saturated rings. The highest BCUT2D eigenvalue weighted by atomic mass is 16.5. The van der Waals surface area contributed by atoms with Crippen LogP contribution < -0.4 is 5.32 Å². The van der Waals surface area contributed by atoms with E-state index >= 15 is 0 Å². The van der Waals surface area contributed by atoms with Gasteiger partial charge in [-0.2, -0.15) is 0 Å². The van der Waals surface area contributed by atoms with E-state index in [1.807, 2.05) is 0 Å². The van der Waals surface area contributed by atoms with Gasteiger partial charge in [-0.3, -0.25) is 0 Å². The summed E-state index contributed by atoms with van der Waals surface area (Å²) in [4.78, 5) is 11.3. The van der Waals surface area contributed by atoms with Crippen molar-refractivity contribution in [2.75, 3.05) is 13.7 Å². The Bertz CT molecular complexity index is 363. The summed E-state index contributed by atoms with van der Waals surface area (Å²) < 4.78 is 9.74. The summed E-state index contributed by atoms with van der Waals surface area (Å²) in [6.07, 6.45) is 2.59. The van der Waals surface area contributed by atoms with Crippen LogP contribution in [0.25, 0.3) is 0 Å². The van der Waals surface area contributed by atoms with Crippen molar-refractivity contribution >= 4 is 5.97 Å². The van der Waals surface area contributed by atoms with E-state index in [2.05, 4.69) is 30.8 Å². The number of hydrogen-bond acceptors (Lipinski definition) is 4. The number of carbonyl (C=O) groups excluding carboxylic acids is 1. The van der Waals surface area contributed by atoms with Crippen LogP contribution in [-0.2, 0) is 11.3 Å². The Balaban J connectivity index is 2.42. The standard InChI is InChI=1S/C13H21NO3/c1-13(2,3)6-7-14-9-10-5-8-17-11(10)12(15)16-4/h5,8,14H,6-7,9H2,1-4H3. The van der Waals surface area contributed by atoms with Crippen LogP contribution in [0.2, 0.25) is 0 Å². The summed E-state index contributed by atoms with van der Waals surface area (Å²) in [6, 6.07) is 1.79. The van der Waals surface area contributed by atoms with Gasteiger partial charge in [-0.1, -0.05) is 20.8 Å². The number of furan rings is 1. The molecular formula is C13H21NO3. The average molecular weight is 239 g/mol. The van der Waals surface area contributed by atoms with Crippen LogP contribution in [0.15, 0.2) is 16.7 Å². The maximum Gasteiger partial charge on any atom is 0.374 e. The number of methoxy groups -OCH3 is 1. The van der Waals surface area contributed by atoms with Gasteiger partial charge in [0.15, 0.2) is 0 Å². The molecule has 0 saturated carbocycles. The average Bonchev–Trinajstić information content (AvgIpc) is 2.70. The monoisotopic (exact) mass is 239 g/mol. The van der Waals surface area contributed by atoms with Gasteiger partial charge >= 0.3 is 5.97 Å². The zero-order valence-electron chi connectivity index (χ0n) is 11.0. The topological polar surface area (TPSA) is 51.5 Å². The first kappa shape index (κ1) is 13.8. The maximum absolute atomic E-state index is 11.3. The van der Waals surface area contributed by atoms with Crippen molar-refractivity contribution in [1.82, 2.24) is 5.32 Å². The van der Waals surface area contributed by atoms with Gasteiger partial charge in [0.1, 0.15) is 0 Å². The van der Waals surface area contributed by atoms with Crippen LogP contribution in [0.5, 0.6) is 0 Å². The lowest BCUT2D eigenvalue weighted by atomic mass is 9.92. The SMILES string of the molecule is COC(=O)c1occc1CNCCC(C)(C)C. The van der Waals surface area contributed by atoms with Gasteiger partial charge in [0.2, 0.25) is 5.76 Å². The summed E-state index contributed by atoms with van der Waals surface area (Å²) in [5.74, 6) is -0.140. The Hall–Kier alpha value is -1.29. The molecule has 1 rings (SSSR count). The van der Waals surface area contributed by atoms with E-state index in [4.69, 9.17) is 4.42 Å². The minimum absolute atomic E-state index is 0.288. The van der Waals surface area contributed by atoms with Crippen molar-refractivity contribution in [3.05, 3.63) is 23.7 Å². The normalized spacial score (nSPS) is 11.5. The van der Waals surface area contributed by atoms with Crippen molar-refractivity contribution in [3.63, 3.8) is 0 Å². The van der Waals surface area contributed by atoms with E-state index < -0.39 is 5.97 Å². The molecule has 0 spiro atoms. The van der Waals surface area contributed by atoms with E-state index in [1.165, 1.54) is 13.4 Å². The number of ether oxygens (including phenoxy) is 1. The predicted molar refractivity (Wildman–Crippen MR) is 65.8 cm³/mol. The van der Waals surface area contributed by atoms with Crippen molar-refractivity contribution in [2.24, 2.45) is 5.41 Å². The maximum atomic E-state index is 11.3. The molecule has 0 aromatic carbocycles. The fourth-order valence-corrected chi connectivity index (χ4v) is 1.43. The van der Waals surface area contributed by atoms with Gasteiger partial charge in [0.05, 0.1) is 13.4 Å². The zero-order valence-corrected chi connectivity index (χ0v) is 11.0. The van der Waals surface area contributed by atoms with Crippen molar-refractivity contribution < 1.29 is 13.9 Å². The van der Waals surface area contributed by atoms with Crippen molar-refractivity contribution in [2.45, 2.75) is 33.7 Å². The summed E-state index contributed by atoms with van der Waals surface area (Å²) >= 11 is 0. The molecule has 0 bridgehead atoms. The third kappa shape index (κ3) is 4.61. The van der Waals surface area contributed by atoms with E-state index in [-0.39, 0.29) is 5.76 Å². The first-order valence-electron chi connectivity index (χ1n) is 5.79. The molecule has 0 unspecified atom stereocenters. The van der Waals surface area contributed by atoms with E-state index in [9.17, 15) is 4.79 Å². The first-order valence-corrected chi connectivity index (χ1v) is 5.79. The number of nitrogens with one attached hydrogen (secondary N) is 1. The van der Waals surface area contributed by atoms with Crippen LogP contribution in [0.4, 0.5) is 0 Å². The molecule has 96 valence electrons. The molecule has 1 heterocycles. The van der Waals surface area contributed by atoms with Crippen LogP contribution in [0.1, 0.15) is 43.3 Å². The smallest absolute Gasteiger partial charge is 0.374 e. The molecule has 17 heavy (non-hydrogen) atoms. The number of rotatable bonds is 5. The fourth-order valence-electron chi connectivity index (χ4n) is 1.43. The largest absolute Gasteiger partial charge is 0.463 e. The van der Waals surface area contributed by atoms with Gasteiger partial charge < -0.3 is 14.5 Å². The summed E-state index contributed by atoms with van der Waals surface area (Å²) in [7, 11) is 1.35. The molecule has 0 saturated heterocycles. The summed E-state index contributed by atoms with van der Waals surface area (Å²) in [6.45, 7) is 8.14. The Morgan fingerprint density at radius 3 is 2.76 bits per heavy atom. The van der Waals surface area contributed by atoms with Crippen LogP contribution >= 0.6 is 0 Å². The Morgan fingerprint density at radius 2 is 2.18 bits per heavy atom. The third-order valence-corrected chi connectivity index (χ3v) is 2.48. The molecule has 0 atom stereocenters. The van der Waals surface area contributed by atoms with Gasteiger partial charge in [0.25, 0.3) is 0 Å². The number of hydrogen-bond donors (Lipinski definition) is 1. The predicted octanol–water partition coefficient (Wildman–Crippen LogP) is 2.59. The van der Waals surface area contributed by atoms with Gasteiger partial charge in [-0.25, -0.2) is 4.79 Å². The Kier molecular flexibility index (Phi) is 4.75. The lowest BCUT2D eigenvalue weighted by Gasteiger charge is -2.17. The second kappa shape index (κ2) is 5.87. The highest BCUT2D eigenvalue weighted by Gasteiger charge is 2.15. The highest BCUT2D eigenvalue weighted by molar-refractivity contribution is 5.87. The molecule has 1 aromatic rings. The molecule has 1 aromatic heterocycles. The lowest BCUT2D eigenvalue weighted by Crippen LogP contribution is -2.21. The summed E-state index contributed by atoms with van der Waals surface area (Å²) in [5, 5.41) is 3.30. The number of carbonyl (C=O) groups is 1. The Morgan fingerprint density at radius 1 is 1.47 bits per heavy atom. The zero-order chi connectivity index (χ0) is 12.9. The molecular weight excluding hydrogens is 218 g/mol. The van der Waals surface area contributed by atoms with E-state index in [1.54, 1.807) is 6.07 Å². The van der Waals surface area contributed by atoms with Crippen molar-refractivity contribution in [3.8, 4) is 0 Å². The third-order valence-electron chi connectivity index (χ3n) is 2.48. The van der Waals surface area contributed by atoms with Crippen LogP contribution in [-0.4, -0.2) is 19.6 Å². The minimum atomic E-state index is -0.428. The second-order valence-corrected chi connectivity index (χ2v) is 5.25. The molecule has 1 N–H and O–H groups in total. The molecule has 4 heteroatoms. The lowest BCUT2D eigenvalue weighted by molar-refractivity contribution is 0.0563. The molecule has 0 amide bonds. The molecule has 0 aliphatic heterocycles. The second-order valence-electron chi connectivity index (χ2n) is 5.25. The first-order chi connectivity index (χ1) is 7.94. The molecule has 0 aliphatic rings. The van der Waals surface area contributed by atoms with Crippen LogP contribution in [0.3, 0.4) is 0 Å². The fraction of sp³-hybridized carbons (Fsp3) is 0.615. The van der Waals surface area contributed by atoms with Crippen LogP contribution in [0, 0.1) is 5.41 Å². The summed E-state index contributed by atoms with van der Waals surface area (Å²) in [5.41, 5.74) is 1.15.